The summed E-state index contributed by atoms with van der Waals surface area (Å²) in [4.78, 5) is 27.7. The number of nitrogens with one attached hydrogen (secondary N) is 1. The van der Waals surface area contributed by atoms with Crippen molar-refractivity contribution < 1.29 is 14.3 Å². The highest BCUT2D eigenvalue weighted by atomic mass is 79.9. The third kappa shape index (κ3) is 7.55. The van der Waals surface area contributed by atoms with Crippen LogP contribution in [0.3, 0.4) is 0 Å². The van der Waals surface area contributed by atoms with E-state index >= 15 is 0 Å². The van der Waals surface area contributed by atoms with Crippen molar-refractivity contribution >= 4 is 62.5 Å². The van der Waals surface area contributed by atoms with E-state index in [-0.39, 0.29) is 31.0 Å². The van der Waals surface area contributed by atoms with Gasteiger partial charge in [-0.1, -0.05) is 70.6 Å². The molecule has 0 fully saturated rings. The third-order valence-electron chi connectivity index (χ3n) is 4.97. The van der Waals surface area contributed by atoms with E-state index in [1.165, 1.54) is 4.90 Å². The van der Waals surface area contributed by atoms with E-state index in [9.17, 15) is 9.59 Å². The van der Waals surface area contributed by atoms with Crippen LogP contribution in [0.15, 0.2) is 40.9 Å². The van der Waals surface area contributed by atoms with Crippen LogP contribution in [0.1, 0.15) is 39.2 Å². The van der Waals surface area contributed by atoms with Crippen molar-refractivity contribution in [2.45, 2.75) is 52.2 Å². The second-order valence-corrected chi connectivity index (χ2v) is 9.51. The lowest BCUT2D eigenvalue weighted by molar-refractivity contribution is -0.143. The molecule has 0 spiro atoms. The highest BCUT2D eigenvalue weighted by Crippen LogP contribution is 2.28. The Balaban J connectivity index is 2.26. The minimum Gasteiger partial charge on any atom is -0.482 e. The molecule has 0 aromatic heterocycles. The number of hydrogen-bond donors (Lipinski definition) is 1. The van der Waals surface area contributed by atoms with Gasteiger partial charge in [-0.25, -0.2) is 0 Å². The van der Waals surface area contributed by atoms with Gasteiger partial charge in [0.15, 0.2) is 6.61 Å². The van der Waals surface area contributed by atoms with Crippen LogP contribution < -0.4 is 10.1 Å². The topological polar surface area (TPSA) is 58.6 Å². The fraction of sp³-hybridized carbons (Fsp3) is 0.391. The second-order valence-electron chi connectivity index (χ2n) is 7.38. The lowest BCUT2D eigenvalue weighted by atomic mass is 10.1. The first-order valence-corrected chi connectivity index (χ1v) is 12.2. The molecular weight excluding hydrogens is 539 g/mol. The van der Waals surface area contributed by atoms with Gasteiger partial charge in [0.25, 0.3) is 5.91 Å². The molecule has 0 saturated carbocycles. The zero-order valence-electron chi connectivity index (χ0n) is 18.1. The Morgan fingerprint density at radius 1 is 1.03 bits per heavy atom. The number of benzene rings is 2. The summed E-state index contributed by atoms with van der Waals surface area (Å²) in [6, 6.07) is 9.59. The lowest BCUT2D eigenvalue weighted by Crippen LogP contribution is -2.51. The predicted molar refractivity (Wildman–Crippen MR) is 134 cm³/mol. The van der Waals surface area contributed by atoms with Crippen LogP contribution in [0, 0.1) is 0 Å². The molecule has 2 unspecified atom stereocenters. The summed E-state index contributed by atoms with van der Waals surface area (Å²) in [5, 5.41) is 4.14. The molecule has 2 aromatic rings. The molecule has 1 N–H and O–H groups in total. The van der Waals surface area contributed by atoms with Gasteiger partial charge in [0.1, 0.15) is 11.8 Å². The third-order valence-corrected chi connectivity index (χ3v) is 6.50. The SMILES string of the molecule is CCC(C)NC(=O)C(CC)N(Cc1ccc(Cl)c(Cl)c1)C(=O)COc1ccc(Br)cc1Cl. The lowest BCUT2D eigenvalue weighted by Gasteiger charge is -2.31. The maximum Gasteiger partial charge on any atom is 0.261 e. The molecule has 2 rings (SSSR count). The Morgan fingerprint density at radius 3 is 2.34 bits per heavy atom. The van der Waals surface area contributed by atoms with Gasteiger partial charge in [-0.05, 0) is 55.7 Å². The molecule has 5 nitrogen and oxygen atoms in total. The summed E-state index contributed by atoms with van der Waals surface area (Å²) < 4.78 is 6.47. The number of ether oxygens (including phenoxy) is 1. The first kappa shape index (κ1) is 26.8. The molecule has 0 aliphatic rings. The van der Waals surface area contributed by atoms with Crippen molar-refractivity contribution in [3.05, 3.63) is 61.5 Å². The summed E-state index contributed by atoms with van der Waals surface area (Å²) in [6.45, 7) is 5.69. The van der Waals surface area contributed by atoms with E-state index in [0.717, 1.165) is 16.5 Å². The van der Waals surface area contributed by atoms with Crippen molar-refractivity contribution in [2.24, 2.45) is 0 Å². The molecule has 2 amide bonds. The summed E-state index contributed by atoms with van der Waals surface area (Å²) in [7, 11) is 0. The number of carbonyl (C=O) groups excluding carboxylic acids is 2. The van der Waals surface area contributed by atoms with Gasteiger partial charge in [0.2, 0.25) is 5.91 Å². The smallest absolute Gasteiger partial charge is 0.261 e. The number of hydrogen-bond acceptors (Lipinski definition) is 3. The average Bonchev–Trinajstić information content (AvgIpc) is 2.75. The summed E-state index contributed by atoms with van der Waals surface area (Å²) in [5.41, 5.74) is 0.754. The van der Waals surface area contributed by atoms with Gasteiger partial charge in [-0.3, -0.25) is 9.59 Å². The molecule has 0 heterocycles. The van der Waals surface area contributed by atoms with Gasteiger partial charge in [0.05, 0.1) is 15.1 Å². The van der Waals surface area contributed by atoms with Crippen molar-refractivity contribution in [3.63, 3.8) is 0 Å². The quantitative estimate of drug-likeness (QED) is 0.358. The number of halogens is 4. The van der Waals surface area contributed by atoms with E-state index in [0.29, 0.717) is 27.2 Å². The van der Waals surface area contributed by atoms with Crippen molar-refractivity contribution in [1.29, 1.82) is 0 Å². The first-order chi connectivity index (χ1) is 15.2. The van der Waals surface area contributed by atoms with Crippen LogP contribution in [0.2, 0.25) is 15.1 Å². The van der Waals surface area contributed by atoms with Crippen LogP contribution >= 0.6 is 50.7 Å². The normalized spacial score (nSPS) is 12.7. The molecule has 0 aliphatic heterocycles. The standard InChI is InChI=1S/C23H26BrCl3N2O3/c1-4-14(3)28-23(31)20(5-2)29(12-15-6-8-17(25)18(26)10-15)22(30)13-32-21-9-7-16(24)11-19(21)27/h6-11,14,20H,4-5,12-13H2,1-3H3,(H,28,31). The fourth-order valence-electron chi connectivity index (χ4n) is 3.01. The maximum atomic E-state index is 13.2. The van der Waals surface area contributed by atoms with Crippen molar-refractivity contribution in [3.8, 4) is 5.75 Å². The summed E-state index contributed by atoms with van der Waals surface area (Å²) >= 11 is 21.7. The van der Waals surface area contributed by atoms with Gasteiger partial charge in [0, 0.05) is 17.1 Å². The molecule has 2 atom stereocenters. The molecule has 0 aliphatic carbocycles. The minimum atomic E-state index is -0.671. The molecule has 174 valence electrons. The molecule has 0 radical (unpaired) electrons. The van der Waals surface area contributed by atoms with E-state index in [1.54, 1.807) is 36.4 Å². The Morgan fingerprint density at radius 2 is 1.75 bits per heavy atom. The van der Waals surface area contributed by atoms with Gasteiger partial charge >= 0.3 is 0 Å². The van der Waals surface area contributed by atoms with E-state index in [4.69, 9.17) is 39.5 Å². The van der Waals surface area contributed by atoms with Crippen LogP contribution in [-0.2, 0) is 16.1 Å². The number of amides is 2. The molecule has 32 heavy (non-hydrogen) atoms. The predicted octanol–water partition coefficient (Wildman–Crippen LogP) is 6.51. The number of rotatable bonds is 10. The highest BCUT2D eigenvalue weighted by molar-refractivity contribution is 9.10. The molecular formula is C23H26BrCl3N2O3. The Kier molecular flexibility index (Phi) is 10.6. The number of carbonyl (C=O) groups is 2. The Hall–Kier alpha value is -1.47. The zero-order valence-corrected chi connectivity index (χ0v) is 22.0. The second kappa shape index (κ2) is 12.7. The van der Waals surface area contributed by atoms with E-state index < -0.39 is 6.04 Å². The molecule has 0 bridgehead atoms. The van der Waals surface area contributed by atoms with Crippen LogP contribution in [0.4, 0.5) is 0 Å². The largest absolute Gasteiger partial charge is 0.482 e. The van der Waals surface area contributed by atoms with Gasteiger partial charge in [-0.2, -0.15) is 0 Å². The summed E-state index contributed by atoms with van der Waals surface area (Å²) in [6.07, 6.45) is 1.22. The Bertz CT molecular complexity index is 958. The molecule has 9 heteroatoms. The van der Waals surface area contributed by atoms with Crippen LogP contribution in [-0.4, -0.2) is 35.4 Å². The van der Waals surface area contributed by atoms with Gasteiger partial charge in [-0.15, -0.1) is 0 Å². The fourth-order valence-corrected chi connectivity index (χ4v) is 4.06. The molecule has 2 aromatic carbocycles. The Labute approximate surface area is 212 Å². The van der Waals surface area contributed by atoms with E-state index in [1.807, 2.05) is 20.8 Å². The van der Waals surface area contributed by atoms with Crippen LogP contribution in [0.25, 0.3) is 0 Å². The molecule has 0 saturated heterocycles. The maximum absolute atomic E-state index is 13.2. The monoisotopic (exact) mass is 562 g/mol. The summed E-state index contributed by atoms with van der Waals surface area (Å²) in [5.74, 6) is -0.173. The average molecular weight is 565 g/mol. The van der Waals surface area contributed by atoms with Crippen molar-refractivity contribution in [1.82, 2.24) is 10.2 Å². The van der Waals surface area contributed by atoms with Crippen LogP contribution in [0.5, 0.6) is 5.75 Å². The van der Waals surface area contributed by atoms with Crippen molar-refractivity contribution in [2.75, 3.05) is 6.61 Å². The van der Waals surface area contributed by atoms with E-state index in [2.05, 4.69) is 21.2 Å². The zero-order chi connectivity index (χ0) is 23.8. The highest BCUT2D eigenvalue weighted by Gasteiger charge is 2.29. The minimum absolute atomic E-state index is 0.00343. The first-order valence-electron chi connectivity index (χ1n) is 10.3. The number of nitrogens with zero attached hydrogens (tertiary/aromatic N) is 1. The van der Waals surface area contributed by atoms with Gasteiger partial charge < -0.3 is 15.0 Å².